The summed E-state index contributed by atoms with van der Waals surface area (Å²) in [4.78, 5) is 6.86. The molecule has 98 valence electrons. The third-order valence-electron chi connectivity index (χ3n) is 3.95. The first-order valence-corrected chi connectivity index (χ1v) is 7.21. The van der Waals surface area contributed by atoms with Gasteiger partial charge in [-0.05, 0) is 37.3 Å². The van der Waals surface area contributed by atoms with Crippen LogP contribution in [0.3, 0.4) is 0 Å². The number of nitrogens with one attached hydrogen (secondary N) is 1. The van der Waals surface area contributed by atoms with E-state index in [1.165, 1.54) is 18.4 Å². The van der Waals surface area contributed by atoms with Crippen LogP contribution in [0.4, 0.5) is 0 Å². The second-order valence-electron chi connectivity index (χ2n) is 5.55. The Kier molecular flexibility index (Phi) is 3.55. The van der Waals surface area contributed by atoms with E-state index in [4.69, 9.17) is 11.6 Å². The number of hydrogen-bond acceptors (Lipinski definition) is 3. The third-order valence-corrected chi connectivity index (χ3v) is 4.18. The van der Waals surface area contributed by atoms with Gasteiger partial charge in [0.1, 0.15) is 5.15 Å². The number of pyridine rings is 1. The first kappa shape index (κ1) is 12.4. The molecule has 0 radical (unpaired) electrons. The highest BCUT2D eigenvalue weighted by Gasteiger charge is 2.37. The molecule has 0 bridgehead atoms. The average Bonchev–Trinajstić information content (AvgIpc) is 3.17. The summed E-state index contributed by atoms with van der Waals surface area (Å²) in [6.07, 6.45) is 4.66. The Morgan fingerprint density at radius 2 is 2.28 bits per heavy atom. The van der Waals surface area contributed by atoms with Gasteiger partial charge in [0.05, 0.1) is 0 Å². The number of hydrogen-bond donors (Lipinski definition) is 1. The smallest absolute Gasteiger partial charge is 0.129 e. The minimum atomic E-state index is 0.541. The molecule has 4 heteroatoms. The van der Waals surface area contributed by atoms with E-state index in [0.717, 1.165) is 25.6 Å². The highest BCUT2D eigenvalue weighted by atomic mass is 35.5. The quantitative estimate of drug-likeness (QED) is 0.851. The maximum Gasteiger partial charge on any atom is 0.129 e. The SMILES string of the molecule is CC1CN([C@@H](c2ccc(Cl)nc2)C2CC2)CCN1. The van der Waals surface area contributed by atoms with Crippen LogP contribution < -0.4 is 5.32 Å². The Labute approximate surface area is 114 Å². The lowest BCUT2D eigenvalue weighted by Gasteiger charge is -2.38. The summed E-state index contributed by atoms with van der Waals surface area (Å²) in [5.74, 6) is 0.818. The van der Waals surface area contributed by atoms with Crippen molar-refractivity contribution in [3.63, 3.8) is 0 Å². The van der Waals surface area contributed by atoms with E-state index in [1.807, 2.05) is 12.3 Å². The summed E-state index contributed by atoms with van der Waals surface area (Å²) in [6, 6.07) is 5.18. The number of piperazine rings is 1. The first-order valence-electron chi connectivity index (χ1n) is 6.83. The lowest BCUT2D eigenvalue weighted by Crippen LogP contribution is -2.50. The maximum absolute atomic E-state index is 5.89. The zero-order valence-corrected chi connectivity index (χ0v) is 11.5. The fourth-order valence-electron chi connectivity index (χ4n) is 2.97. The van der Waals surface area contributed by atoms with Crippen LogP contribution in [0, 0.1) is 5.92 Å². The van der Waals surface area contributed by atoms with Gasteiger partial charge in [0.25, 0.3) is 0 Å². The van der Waals surface area contributed by atoms with Crippen LogP contribution >= 0.6 is 11.6 Å². The van der Waals surface area contributed by atoms with Crippen molar-refractivity contribution in [1.29, 1.82) is 0 Å². The molecule has 1 unspecified atom stereocenters. The van der Waals surface area contributed by atoms with E-state index in [-0.39, 0.29) is 0 Å². The molecule has 1 saturated heterocycles. The van der Waals surface area contributed by atoms with Crippen molar-refractivity contribution in [1.82, 2.24) is 15.2 Å². The Bertz CT molecular complexity index is 402. The Balaban J connectivity index is 1.81. The van der Waals surface area contributed by atoms with Gasteiger partial charge >= 0.3 is 0 Å². The molecule has 2 fully saturated rings. The summed E-state index contributed by atoms with van der Waals surface area (Å²) in [7, 11) is 0. The number of aromatic nitrogens is 1. The monoisotopic (exact) mass is 265 g/mol. The molecule has 0 spiro atoms. The second kappa shape index (κ2) is 5.16. The molecule has 0 aromatic carbocycles. The Morgan fingerprint density at radius 3 is 2.89 bits per heavy atom. The molecule has 1 aromatic heterocycles. The predicted octanol–water partition coefficient (Wildman–Crippen LogP) is 2.48. The van der Waals surface area contributed by atoms with Crippen LogP contribution in [-0.4, -0.2) is 35.6 Å². The lowest BCUT2D eigenvalue weighted by molar-refractivity contribution is 0.133. The van der Waals surface area contributed by atoms with Gasteiger partial charge < -0.3 is 5.32 Å². The van der Waals surface area contributed by atoms with E-state index in [9.17, 15) is 0 Å². The summed E-state index contributed by atoms with van der Waals surface area (Å²) in [6.45, 7) is 5.61. The summed E-state index contributed by atoms with van der Waals surface area (Å²) in [5, 5.41) is 4.09. The van der Waals surface area contributed by atoms with Gasteiger partial charge in [-0.2, -0.15) is 0 Å². The fraction of sp³-hybridized carbons (Fsp3) is 0.643. The van der Waals surface area contributed by atoms with E-state index >= 15 is 0 Å². The first-order chi connectivity index (χ1) is 8.74. The average molecular weight is 266 g/mol. The van der Waals surface area contributed by atoms with Crippen molar-refractivity contribution in [2.75, 3.05) is 19.6 Å². The topological polar surface area (TPSA) is 28.2 Å². The number of halogens is 1. The molecule has 2 atom stereocenters. The third kappa shape index (κ3) is 2.68. The molecule has 1 saturated carbocycles. The second-order valence-corrected chi connectivity index (χ2v) is 5.93. The van der Waals surface area contributed by atoms with Crippen LogP contribution in [0.1, 0.15) is 31.4 Å². The molecule has 1 aliphatic heterocycles. The van der Waals surface area contributed by atoms with E-state index < -0.39 is 0 Å². The fourth-order valence-corrected chi connectivity index (χ4v) is 3.08. The van der Waals surface area contributed by atoms with Gasteiger partial charge in [0, 0.05) is 37.9 Å². The summed E-state index contributed by atoms with van der Waals surface area (Å²) in [5.41, 5.74) is 1.33. The normalized spacial score (nSPS) is 27.1. The largest absolute Gasteiger partial charge is 0.312 e. The molecule has 1 aromatic rings. The van der Waals surface area contributed by atoms with Crippen molar-refractivity contribution in [3.05, 3.63) is 29.0 Å². The highest BCUT2D eigenvalue weighted by molar-refractivity contribution is 6.29. The van der Waals surface area contributed by atoms with Gasteiger partial charge in [-0.15, -0.1) is 0 Å². The van der Waals surface area contributed by atoms with Crippen LogP contribution in [0.25, 0.3) is 0 Å². The Morgan fingerprint density at radius 1 is 1.44 bits per heavy atom. The van der Waals surface area contributed by atoms with Crippen molar-refractivity contribution in [2.24, 2.45) is 5.92 Å². The van der Waals surface area contributed by atoms with Gasteiger partial charge in [-0.25, -0.2) is 4.98 Å². The minimum Gasteiger partial charge on any atom is -0.312 e. The van der Waals surface area contributed by atoms with Gasteiger partial charge in [0.2, 0.25) is 0 Å². The zero-order valence-electron chi connectivity index (χ0n) is 10.8. The van der Waals surface area contributed by atoms with Crippen molar-refractivity contribution < 1.29 is 0 Å². The maximum atomic E-state index is 5.89. The summed E-state index contributed by atoms with van der Waals surface area (Å²) < 4.78 is 0. The molecule has 3 nitrogen and oxygen atoms in total. The number of nitrogens with zero attached hydrogens (tertiary/aromatic N) is 2. The van der Waals surface area contributed by atoms with Crippen molar-refractivity contribution >= 4 is 11.6 Å². The molecule has 1 N–H and O–H groups in total. The summed E-state index contributed by atoms with van der Waals surface area (Å²) >= 11 is 5.89. The van der Waals surface area contributed by atoms with Gasteiger partial charge in [-0.3, -0.25) is 4.90 Å². The van der Waals surface area contributed by atoms with Crippen molar-refractivity contribution in [2.45, 2.75) is 31.8 Å². The molecular formula is C14H20ClN3. The molecule has 0 amide bonds. The van der Waals surface area contributed by atoms with Crippen LogP contribution in [0.15, 0.2) is 18.3 Å². The van der Waals surface area contributed by atoms with E-state index in [0.29, 0.717) is 17.2 Å². The molecule has 2 heterocycles. The van der Waals surface area contributed by atoms with E-state index in [2.05, 4.69) is 28.2 Å². The molecular weight excluding hydrogens is 246 g/mol. The van der Waals surface area contributed by atoms with Crippen LogP contribution in [0.2, 0.25) is 5.15 Å². The lowest BCUT2D eigenvalue weighted by atomic mass is 10.0. The standard InChI is InChI=1S/C14H20ClN3/c1-10-9-18(7-6-16-10)14(11-2-3-11)12-4-5-13(15)17-8-12/h4-5,8,10-11,14,16H,2-3,6-7,9H2,1H3/t10?,14-/m1/s1. The minimum absolute atomic E-state index is 0.541. The predicted molar refractivity (Wildman–Crippen MR) is 73.7 cm³/mol. The molecule has 2 aliphatic rings. The van der Waals surface area contributed by atoms with Gasteiger partial charge in [-0.1, -0.05) is 17.7 Å². The zero-order chi connectivity index (χ0) is 12.5. The highest BCUT2D eigenvalue weighted by Crippen LogP contribution is 2.44. The van der Waals surface area contributed by atoms with Crippen molar-refractivity contribution in [3.8, 4) is 0 Å². The van der Waals surface area contributed by atoms with Gasteiger partial charge in [0.15, 0.2) is 0 Å². The Hall–Kier alpha value is -0.640. The molecule has 3 rings (SSSR count). The van der Waals surface area contributed by atoms with Crippen LogP contribution in [-0.2, 0) is 0 Å². The van der Waals surface area contributed by atoms with Crippen LogP contribution in [0.5, 0.6) is 0 Å². The molecule has 1 aliphatic carbocycles. The molecule has 18 heavy (non-hydrogen) atoms. The van der Waals surface area contributed by atoms with E-state index in [1.54, 1.807) is 0 Å². The number of rotatable bonds is 3.